The summed E-state index contributed by atoms with van der Waals surface area (Å²) in [5.41, 5.74) is 0.674. The quantitative estimate of drug-likeness (QED) is 0.663. The Morgan fingerprint density at radius 1 is 1.21 bits per heavy atom. The lowest BCUT2D eigenvalue weighted by atomic mass is 9.98. The van der Waals surface area contributed by atoms with Crippen molar-refractivity contribution in [3.8, 4) is 0 Å². The third-order valence-corrected chi connectivity index (χ3v) is 3.67. The van der Waals surface area contributed by atoms with E-state index >= 15 is 0 Å². The maximum Gasteiger partial charge on any atom is 0.274 e. The van der Waals surface area contributed by atoms with Gasteiger partial charge < -0.3 is 10.2 Å². The molecule has 2 aromatic rings. The Bertz CT molecular complexity index is 772. The molecule has 1 N–H and O–H groups in total. The Morgan fingerprint density at radius 2 is 1.92 bits per heavy atom. The number of nitrogens with one attached hydrogen (secondary N) is 1. The number of likely N-dealkylation sites (tertiary alicyclic amines) is 1. The smallest absolute Gasteiger partial charge is 0.274 e. The van der Waals surface area contributed by atoms with Crippen molar-refractivity contribution in [2.75, 3.05) is 18.4 Å². The van der Waals surface area contributed by atoms with E-state index in [-0.39, 0.29) is 29.1 Å². The number of hydrogen-bond donors (Lipinski definition) is 1. The van der Waals surface area contributed by atoms with Crippen LogP contribution in [0.15, 0.2) is 42.9 Å². The summed E-state index contributed by atoms with van der Waals surface area (Å²) in [6, 6.07) is 5.58. The number of hydrogen-bond acceptors (Lipinski definition) is 6. The van der Waals surface area contributed by atoms with Crippen LogP contribution in [0.5, 0.6) is 0 Å². The number of nitrogens with zero attached hydrogens (tertiary/aromatic N) is 4. The molecule has 0 saturated carbocycles. The van der Waals surface area contributed by atoms with Gasteiger partial charge in [0.1, 0.15) is 5.69 Å². The molecular formula is C15H13N5O4. The average molecular weight is 327 g/mol. The normalized spacial score (nSPS) is 13.9. The minimum Gasteiger partial charge on any atom is -0.336 e. The number of nitro groups is 1. The van der Waals surface area contributed by atoms with Crippen LogP contribution in [0.2, 0.25) is 0 Å². The Balaban J connectivity index is 1.53. The minimum atomic E-state index is -0.506. The van der Waals surface area contributed by atoms with E-state index in [0.717, 1.165) is 0 Å². The third-order valence-electron chi connectivity index (χ3n) is 3.67. The number of carbonyl (C=O) groups excluding carboxylic acids is 2. The van der Waals surface area contributed by atoms with E-state index in [1.165, 1.54) is 47.8 Å². The first-order valence-corrected chi connectivity index (χ1v) is 7.15. The number of nitro benzene ring substituents is 1. The zero-order chi connectivity index (χ0) is 17.1. The van der Waals surface area contributed by atoms with Gasteiger partial charge in [0, 0.05) is 43.3 Å². The van der Waals surface area contributed by atoms with Crippen LogP contribution < -0.4 is 5.32 Å². The highest BCUT2D eigenvalue weighted by atomic mass is 16.6. The number of anilines is 1. The average Bonchev–Trinajstić information content (AvgIpc) is 2.54. The highest BCUT2D eigenvalue weighted by molar-refractivity contribution is 5.97. The van der Waals surface area contributed by atoms with Crippen LogP contribution in [0.3, 0.4) is 0 Å². The molecule has 1 saturated heterocycles. The van der Waals surface area contributed by atoms with Crippen molar-refractivity contribution < 1.29 is 14.5 Å². The van der Waals surface area contributed by atoms with Gasteiger partial charge in [0.05, 0.1) is 17.0 Å². The zero-order valence-corrected chi connectivity index (χ0v) is 12.5. The highest BCUT2D eigenvalue weighted by Gasteiger charge is 2.36. The number of non-ortho nitro benzene ring substituents is 1. The van der Waals surface area contributed by atoms with Gasteiger partial charge in [-0.05, 0) is 12.1 Å². The SMILES string of the molecule is O=C(Nc1ccc([N+](=O)[O-])cc1)C1CN(C(=O)c2cnccn2)C1. The molecule has 1 aromatic carbocycles. The van der Waals surface area contributed by atoms with Gasteiger partial charge in [-0.2, -0.15) is 0 Å². The zero-order valence-electron chi connectivity index (χ0n) is 12.5. The maximum atomic E-state index is 12.1. The van der Waals surface area contributed by atoms with Gasteiger partial charge in [0.2, 0.25) is 5.91 Å². The Morgan fingerprint density at radius 3 is 2.50 bits per heavy atom. The molecule has 9 heteroatoms. The molecule has 1 aromatic heterocycles. The molecule has 122 valence electrons. The Hall–Kier alpha value is -3.36. The van der Waals surface area contributed by atoms with Crippen molar-refractivity contribution in [3.05, 3.63) is 58.7 Å². The van der Waals surface area contributed by atoms with E-state index in [1.807, 2.05) is 0 Å². The molecule has 24 heavy (non-hydrogen) atoms. The fourth-order valence-corrected chi connectivity index (χ4v) is 2.29. The van der Waals surface area contributed by atoms with Crippen molar-refractivity contribution in [3.63, 3.8) is 0 Å². The summed E-state index contributed by atoms with van der Waals surface area (Å²) in [6.07, 6.45) is 4.30. The predicted octanol–water partition coefficient (Wildman–Crippen LogP) is 1.10. The van der Waals surface area contributed by atoms with Gasteiger partial charge in [-0.3, -0.25) is 24.7 Å². The molecule has 2 amide bonds. The van der Waals surface area contributed by atoms with Crippen LogP contribution in [-0.2, 0) is 4.79 Å². The first kappa shape index (κ1) is 15.5. The Labute approximate surface area is 136 Å². The molecule has 0 spiro atoms. The second-order valence-electron chi connectivity index (χ2n) is 5.29. The molecule has 0 radical (unpaired) electrons. The summed E-state index contributed by atoms with van der Waals surface area (Å²) in [5, 5.41) is 13.3. The number of aromatic nitrogens is 2. The molecule has 1 aliphatic heterocycles. The van der Waals surface area contributed by atoms with Crippen LogP contribution in [0.1, 0.15) is 10.5 Å². The van der Waals surface area contributed by atoms with Crippen LogP contribution in [0.4, 0.5) is 11.4 Å². The number of carbonyl (C=O) groups is 2. The van der Waals surface area contributed by atoms with Gasteiger partial charge in [-0.25, -0.2) is 4.98 Å². The highest BCUT2D eigenvalue weighted by Crippen LogP contribution is 2.21. The van der Waals surface area contributed by atoms with E-state index in [1.54, 1.807) is 0 Å². The molecular weight excluding hydrogens is 314 g/mol. The lowest BCUT2D eigenvalue weighted by Crippen LogP contribution is -2.54. The Kier molecular flexibility index (Phi) is 4.15. The summed E-state index contributed by atoms with van der Waals surface area (Å²) < 4.78 is 0. The lowest BCUT2D eigenvalue weighted by Gasteiger charge is -2.37. The van der Waals surface area contributed by atoms with Crippen LogP contribution in [-0.4, -0.2) is 44.7 Å². The van der Waals surface area contributed by atoms with Crippen molar-refractivity contribution in [1.82, 2.24) is 14.9 Å². The van der Waals surface area contributed by atoms with E-state index in [2.05, 4.69) is 15.3 Å². The molecule has 0 aliphatic carbocycles. The molecule has 9 nitrogen and oxygen atoms in total. The molecule has 1 aliphatic rings. The van der Waals surface area contributed by atoms with Gasteiger partial charge in [-0.1, -0.05) is 0 Å². The topological polar surface area (TPSA) is 118 Å². The second kappa shape index (κ2) is 6.41. The van der Waals surface area contributed by atoms with Crippen molar-refractivity contribution >= 4 is 23.2 Å². The molecule has 3 rings (SSSR count). The maximum absolute atomic E-state index is 12.1. The summed E-state index contributed by atoms with van der Waals surface area (Å²) in [4.78, 5) is 43.6. The molecule has 0 atom stereocenters. The van der Waals surface area contributed by atoms with Gasteiger partial charge in [0.15, 0.2) is 0 Å². The lowest BCUT2D eigenvalue weighted by molar-refractivity contribution is -0.384. The largest absolute Gasteiger partial charge is 0.336 e. The third kappa shape index (κ3) is 3.19. The summed E-state index contributed by atoms with van der Waals surface area (Å²) >= 11 is 0. The molecule has 0 bridgehead atoms. The van der Waals surface area contributed by atoms with Crippen LogP contribution >= 0.6 is 0 Å². The fourth-order valence-electron chi connectivity index (χ4n) is 2.29. The van der Waals surface area contributed by atoms with Gasteiger partial charge >= 0.3 is 0 Å². The standard InChI is InChI=1S/C15H13N5O4/c21-14(18-11-1-3-12(4-2-11)20(23)24)10-8-19(9-10)15(22)13-7-16-5-6-17-13/h1-7,10H,8-9H2,(H,18,21). The van der Waals surface area contributed by atoms with Crippen molar-refractivity contribution in [2.24, 2.45) is 5.92 Å². The first-order valence-electron chi connectivity index (χ1n) is 7.15. The van der Waals surface area contributed by atoms with E-state index in [4.69, 9.17) is 0 Å². The van der Waals surface area contributed by atoms with Crippen molar-refractivity contribution in [2.45, 2.75) is 0 Å². The van der Waals surface area contributed by atoms with Crippen LogP contribution in [0, 0.1) is 16.0 Å². The first-order chi connectivity index (χ1) is 11.5. The second-order valence-corrected chi connectivity index (χ2v) is 5.29. The van der Waals surface area contributed by atoms with Crippen molar-refractivity contribution in [1.29, 1.82) is 0 Å². The number of benzene rings is 1. The minimum absolute atomic E-state index is 0.0441. The summed E-state index contributed by atoms with van der Waals surface area (Å²) in [7, 11) is 0. The summed E-state index contributed by atoms with van der Waals surface area (Å²) in [6.45, 7) is 0.600. The van der Waals surface area contributed by atoms with Crippen LogP contribution in [0.25, 0.3) is 0 Å². The van der Waals surface area contributed by atoms with E-state index in [9.17, 15) is 19.7 Å². The molecule has 0 unspecified atom stereocenters. The molecule has 2 heterocycles. The van der Waals surface area contributed by atoms with E-state index < -0.39 is 4.92 Å². The van der Waals surface area contributed by atoms with Gasteiger partial charge in [-0.15, -0.1) is 0 Å². The van der Waals surface area contributed by atoms with Gasteiger partial charge in [0.25, 0.3) is 11.6 Å². The monoisotopic (exact) mass is 327 g/mol. The number of rotatable bonds is 4. The van der Waals surface area contributed by atoms with E-state index in [0.29, 0.717) is 18.8 Å². The fraction of sp³-hybridized carbons (Fsp3) is 0.200. The number of amides is 2. The predicted molar refractivity (Wildman–Crippen MR) is 83.2 cm³/mol. The molecule has 1 fully saturated rings. The summed E-state index contributed by atoms with van der Waals surface area (Å²) in [5.74, 6) is -0.810.